The molecule has 2 amide bonds. The van der Waals surface area contributed by atoms with E-state index in [1.54, 1.807) is 22.8 Å². The van der Waals surface area contributed by atoms with Gasteiger partial charge in [0.25, 0.3) is 11.8 Å². The van der Waals surface area contributed by atoms with Gasteiger partial charge in [0.1, 0.15) is 12.6 Å². The zero-order chi connectivity index (χ0) is 18.3. The number of morpholine rings is 1. The van der Waals surface area contributed by atoms with E-state index in [2.05, 4.69) is 10.1 Å². The molecule has 2 aromatic rings. The number of nitrogens with zero attached hydrogens (tertiary/aromatic N) is 4. The van der Waals surface area contributed by atoms with E-state index in [-0.39, 0.29) is 24.5 Å². The molecule has 2 atom stereocenters. The number of hydrogen-bond acceptors (Lipinski definition) is 6. The first-order valence-corrected chi connectivity index (χ1v) is 8.63. The Morgan fingerprint density at radius 2 is 2.15 bits per heavy atom. The first-order valence-electron chi connectivity index (χ1n) is 8.63. The fraction of sp³-hybridized carbons (Fsp3) is 0.444. The Labute approximate surface area is 150 Å². The smallest absolute Gasteiger partial charge is 0.254 e. The zero-order valence-electron chi connectivity index (χ0n) is 14.7. The molecule has 1 aromatic heterocycles. The minimum absolute atomic E-state index is 0.0177. The summed E-state index contributed by atoms with van der Waals surface area (Å²) in [5.74, 6) is 0.608. The zero-order valence-corrected chi connectivity index (χ0v) is 14.7. The van der Waals surface area contributed by atoms with E-state index in [1.807, 2.05) is 25.1 Å². The summed E-state index contributed by atoms with van der Waals surface area (Å²) in [5.41, 5.74) is 1.62. The lowest BCUT2D eigenvalue weighted by atomic mass is 10.1. The molecule has 2 aliphatic heterocycles. The van der Waals surface area contributed by atoms with Crippen LogP contribution < -0.4 is 0 Å². The van der Waals surface area contributed by atoms with Crippen LogP contribution in [0.2, 0.25) is 0 Å². The van der Waals surface area contributed by atoms with E-state index in [9.17, 15) is 9.59 Å². The Bertz CT molecular complexity index is 849. The van der Waals surface area contributed by atoms with Gasteiger partial charge in [-0.1, -0.05) is 23.4 Å². The van der Waals surface area contributed by atoms with Gasteiger partial charge in [-0.05, 0) is 25.5 Å². The van der Waals surface area contributed by atoms with Crippen LogP contribution in [0.15, 0.2) is 28.8 Å². The molecular formula is C18H20N4O4. The Kier molecular flexibility index (Phi) is 4.20. The highest BCUT2D eigenvalue weighted by Gasteiger charge is 2.39. The average molecular weight is 356 g/mol. The van der Waals surface area contributed by atoms with Gasteiger partial charge >= 0.3 is 0 Å². The third-order valence-electron chi connectivity index (χ3n) is 4.83. The molecule has 0 radical (unpaired) electrons. The molecule has 0 unspecified atom stereocenters. The highest BCUT2D eigenvalue weighted by atomic mass is 16.5. The molecule has 0 bridgehead atoms. The molecule has 136 valence electrons. The fourth-order valence-corrected chi connectivity index (χ4v) is 3.56. The minimum atomic E-state index is -0.447. The van der Waals surface area contributed by atoms with Crippen LogP contribution in [0.25, 0.3) is 0 Å². The van der Waals surface area contributed by atoms with E-state index in [0.29, 0.717) is 37.0 Å². The van der Waals surface area contributed by atoms with Gasteiger partial charge in [0.2, 0.25) is 5.91 Å². The summed E-state index contributed by atoms with van der Waals surface area (Å²) >= 11 is 0. The van der Waals surface area contributed by atoms with Crippen molar-refractivity contribution >= 4 is 11.8 Å². The predicted octanol–water partition coefficient (Wildman–Crippen LogP) is 1.32. The van der Waals surface area contributed by atoms with Crippen LogP contribution in [0.4, 0.5) is 0 Å². The fourth-order valence-electron chi connectivity index (χ4n) is 3.56. The molecule has 2 aliphatic rings. The summed E-state index contributed by atoms with van der Waals surface area (Å²) in [6.45, 7) is 4.93. The molecule has 0 saturated carbocycles. The van der Waals surface area contributed by atoms with Gasteiger partial charge in [0.05, 0.1) is 12.7 Å². The van der Waals surface area contributed by atoms with Crippen LogP contribution in [0.5, 0.6) is 0 Å². The van der Waals surface area contributed by atoms with Crippen molar-refractivity contribution in [1.29, 1.82) is 0 Å². The maximum atomic E-state index is 13.0. The summed E-state index contributed by atoms with van der Waals surface area (Å²) in [7, 11) is 0. The van der Waals surface area contributed by atoms with Gasteiger partial charge in [-0.25, -0.2) is 0 Å². The van der Waals surface area contributed by atoms with Gasteiger partial charge in [-0.3, -0.25) is 9.59 Å². The Morgan fingerprint density at radius 1 is 1.35 bits per heavy atom. The Morgan fingerprint density at radius 3 is 2.88 bits per heavy atom. The topological polar surface area (TPSA) is 88.8 Å². The number of aromatic nitrogens is 2. The van der Waals surface area contributed by atoms with Crippen LogP contribution in [0.3, 0.4) is 0 Å². The van der Waals surface area contributed by atoms with Crippen LogP contribution >= 0.6 is 0 Å². The van der Waals surface area contributed by atoms with Crippen molar-refractivity contribution in [3.8, 4) is 0 Å². The quantitative estimate of drug-likeness (QED) is 0.824. The van der Waals surface area contributed by atoms with Crippen molar-refractivity contribution in [2.24, 2.45) is 0 Å². The second-order valence-electron chi connectivity index (χ2n) is 6.61. The van der Waals surface area contributed by atoms with Crippen LogP contribution in [-0.4, -0.2) is 57.6 Å². The number of hydrogen-bond donors (Lipinski definition) is 0. The SMILES string of the molecule is Cc1noc([C@@H]2[C@@H](C)OCCN2C(=O)CN2Cc3ccccc3C2=O)n1. The largest absolute Gasteiger partial charge is 0.374 e. The van der Waals surface area contributed by atoms with Gasteiger partial charge < -0.3 is 19.1 Å². The standard InChI is InChI=1S/C18H20N4O4/c1-11-16(17-19-12(2)20-26-17)22(7-8-25-11)15(23)10-21-9-13-5-3-4-6-14(13)18(21)24/h3-6,11,16H,7-10H2,1-2H3/t11-,16+/m1/s1. The monoisotopic (exact) mass is 356 g/mol. The van der Waals surface area contributed by atoms with E-state index < -0.39 is 6.04 Å². The minimum Gasteiger partial charge on any atom is -0.374 e. The molecular weight excluding hydrogens is 336 g/mol. The lowest BCUT2D eigenvalue weighted by Gasteiger charge is -2.38. The van der Waals surface area contributed by atoms with Crippen LogP contribution in [-0.2, 0) is 16.1 Å². The average Bonchev–Trinajstić information content (AvgIpc) is 3.19. The lowest BCUT2D eigenvalue weighted by Crippen LogP contribution is -2.50. The van der Waals surface area contributed by atoms with Crippen molar-refractivity contribution in [3.05, 3.63) is 47.1 Å². The van der Waals surface area contributed by atoms with E-state index in [0.717, 1.165) is 5.56 Å². The summed E-state index contributed by atoms with van der Waals surface area (Å²) in [6.07, 6.45) is -0.265. The van der Waals surface area contributed by atoms with Gasteiger partial charge in [0, 0.05) is 18.7 Å². The highest BCUT2D eigenvalue weighted by molar-refractivity contribution is 6.00. The molecule has 1 fully saturated rings. The molecule has 1 saturated heterocycles. The second kappa shape index (κ2) is 6.53. The Balaban J connectivity index is 1.52. The van der Waals surface area contributed by atoms with Crippen LogP contribution in [0.1, 0.15) is 40.6 Å². The maximum absolute atomic E-state index is 13.0. The number of benzene rings is 1. The van der Waals surface area contributed by atoms with Gasteiger partial charge in [0.15, 0.2) is 5.82 Å². The van der Waals surface area contributed by atoms with Crippen molar-refractivity contribution in [1.82, 2.24) is 19.9 Å². The summed E-state index contributed by atoms with van der Waals surface area (Å²) < 4.78 is 11.0. The lowest BCUT2D eigenvalue weighted by molar-refractivity contribution is -0.148. The second-order valence-corrected chi connectivity index (χ2v) is 6.61. The normalized spacial score (nSPS) is 22.6. The number of aryl methyl sites for hydroxylation is 1. The molecule has 4 rings (SSSR count). The molecule has 3 heterocycles. The van der Waals surface area contributed by atoms with Crippen molar-refractivity contribution in [2.45, 2.75) is 32.5 Å². The van der Waals surface area contributed by atoms with E-state index >= 15 is 0 Å². The molecule has 0 spiro atoms. The summed E-state index contributed by atoms with van der Waals surface area (Å²) in [4.78, 5) is 33.0. The Hall–Kier alpha value is -2.74. The number of ether oxygens (including phenoxy) is 1. The molecule has 0 aliphatic carbocycles. The molecule has 0 N–H and O–H groups in total. The highest BCUT2D eigenvalue weighted by Crippen LogP contribution is 2.29. The van der Waals surface area contributed by atoms with Gasteiger partial charge in [-0.15, -0.1) is 0 Å². The number of fused-ring (bicyclic) bond motifs is 1. The first kappa shape index (κ1) is 16.7. The summed E-state index contributed by atoms with van der Waals surface area (Å²) in [5, 5.41) is 3.82. The van der Waals surface area contributed by atoms with E-state index in [1.165, 1.54) is 0 Å². The van der Waals surface area contributed by atoms with Crippen LogP contribution in [0, 0.1) is 6.92 Å². The molecule has 1 aromatic carbocycles. The summed E-state index contributed by atoms with van der Waals surface area (Å²) in [6, 6.07) is 6.99. The van der Waals surface area contributed by atoms with Crippen molar-refractivity contribution in [2.75, 3.05) is 19.7 Å². The van der Waals surface area contributed by atoms with Crippen molar-refractivity contribution in [3.63, 3.8) is 0 Å². The molecule has 8 heteroatoms. The molecule has 26 heavy (non-hydrogen) atoms. The first-order chi connectivity index (χ1) is 12.5. The number of amides is 2. The third-order valence-corrected chi connectivity index (χ3v) is 4.83. The maximum Gasteiger partial charge on any atom is 0.254 e. The third kappa shape index (κ3) is 2.86. The van der Waals surface area contributed by atoms with E-state index in [4.69, 9.17) is 9.26 Å². The molecule has 8 nitrogen and oxygen atoms in total. The number of rotatable bonds is 3. The predicted molar refractivity (Wildman–Crippen MR) is 90.1 cm³/mol. The number of carbonyl (C=O) groups excluding carboxylic acids is 2. The van der Waals surface area contributed by atoms with Gasteiger partial charge in [-0.2, -0.15) is 4.98 Å². The number of carbonyl (C=O) groups is 2. The van der Waals surface area contributed by atoms with Crippen molar-refractivity contribution < 1.29 is 18.8 Å².